The lowest BCUT2D eigenvalue weighted by Gasteiger charge is -2.05. The Balaban J connectivity index is 2.06. The summed E-state index contributed by atoms with van der Waals surface area (Å²) in [6.45, 7) is 1.92. The van der Waals surface area contributed by atoms with E-state index in [4.69, 9.17) is 16.0 Å². The van der Waals surface area contributed by atoms with Gasteiger partial charge in [0.15, 0.2) is 0 Å². The molecule has 4 heteroatoms. The number of fused-ring (bicyclic) bond motifs is 1. The third-order valence-electron chi connectivity index (χ3n) is 2.89. The third kappa shape index (κ3) is 1.85. The lowest BCUT2D eigenvalue weighted by Crippen LogP contribution is -1.95. The van der Waals surface area contributed by atoms with Crippen molar-refractivity contribution in [2.45, 2.75) is 13.0 Å². The van der Waals surface area contributed by atoms with Crippen LogP contribution in [0.5, 0.6) is 0 Å². The van der Waals surface area contributed by atoms with Crippen LogP contribution >= 0.6 is 22.9 Å². The van der Waals surface area contributed by atoms with Crippen LogP contribution in [0.25, 0.3) is 11.0 Å². The minimum absolute atomic E-state index is 0.528. The van der Waals surface area contributed by atoms with E-state index in [1.54, 1.807) is 0 Å². The molecule has 0 amide bonds. The highest BCUT2D eigenvalue weighted by Crippen LogP contribution is 2.37. The number of furan rings is 1. The zero-order valence-corrected chi connectivity index (χ0v) is 11.3. The van der Waals surface area contributed by atoms with E-state index in [1.807, 2.05) is 42.6 Å². The number of hydrogen-bond acceptors (Lipinski definition) is 3. The first-order chi connectivity index (χ1) is 8.66. The van der Waals surface area contributed by atoms with Crippen molar-refractivity contribution in [2.75, 3.05) is 0 Å². The van der Waals surface area contributed by atoms with Gasteiger partial charge in [-0.05, 0) is 30.0 Å². The third-order valence-corrected chi connectivity index (χ3v) is 4.65. The second-order valence-electron chi connectivity index (χ2n) is 4.19. The molecule has 0 saturated heterocycles. The quantitative estimate of drug-likeness (QED) is 0.747. The van der Waals surface area contributed by atoms with Crippen LogP contribution in [0.15, 0.2) is 40.1 Å². The number of thiophene rings is 1. The van der Waals surface area contributed by atoms with Crippen LogP contribution in [0.2, 0.25) is 5.02 Å². The maximum Gasteiger partial charge on any atom is 0.147 e. The maximum atomic E-state index is 10.3. The van der Waals surface area contributed by atoms with Crippen molar-refractivity contribution in [3.8, 4) is 0 Å². The van der Waals surface area contributed by atoms with Crippen molar-refractivity contribution in [3.05, 3.63) is 56.9 Å². The highest BCUT2D eigenvalue weighted by Gasteiger charge is 2.20. The van der Waals surface area contributed by atoms with E-state index >= 15 is 0 Å². The van der Waals surface area contributed by atoms with Gasteiger partial charge >= 0.3 is 0 Å². The van der Waals surface area contributed by atoms with E-state index < -0.39 is 6.10 Å². The molecule has 0 spiro atoms. The van der Waals surface area contributed by atoms with Crippen molar-refractivity contribution in [1.82, 2.24) is 0 Å². The van der Waals surface area contributed by atoms with Crippen LogP contribution < -0.4 is 0 Å². The zero-order chi connectivity index (χ0) is 12.7. The van der Waals surface area contributed by atoms with Crippen LogP contribution in [0.4, 0.5) is 0 Å². The molecule has 0 aliphatic carbocycles. The molecule has 1 atom stereocenters. The number of hydrogen-bond donors (Lipinski definition) is 1. The van der Waals surface area contributed by atoms with Gasteiger partial charge in [0.1, 0.15) is 17.4 Å². The van der Waals surface area contributed by atoms with Crippen molar-refractivity contribution < 1.29 is 9.52 Å². The summed E-state index contributed by atoms with van der Waals surface area (Å²) in [5.74, 6) is 0.528. The molecule has 0 aliphatic heterocycles. The SMILES string of the molecule is Cc1csc(C(O)c2cc3ccccc3o2)c1Cl. The molecule has 2 aromatic heterocycles. The van der Waals surface area contributed by atoms with E-state index in [9.17, 15) is 5.11 Å². The first-order valence-electron chi connectivity index (χ1n) is 5.57. The van der Waals surface area contributed by atoms with E-state index in [0.29, 0.717) is 10.8 Å². The summed E-state index contributed by atoms with van der Waals surface area (Å²) < 4.78 is 5.65. The lowest BCUT2D eigenvalue weighted by atomic mass is 10.2. The molecular formula is C14H11ClO2S. The number of benzene rings is 1. The van der Waals surface area contributed by atoms with Gasteiger partial charge in [-0.1, -0.05) is 29.8 Å². The monoisotopic (exact) mass is 278 g/mol. The van der Waals surface area contributed by atoms with Crippen LogP contribution in [0.1, 0.15) is 22.3 Å². The number of aliphatic hydroxyl groups is 1. The second kappa shape index (κ2) is 4.43. The first-order valence-corrected chi connectivity index (χ1v) is 6.82. The molecule has 0 radical (unpaired) electrons. The fourth-order valence-electron chi connectivity index (χ4n) is 1.90. The van der Waals surface area contributed by atoms with Crippen molar-refractivity contribution in [1.29, 1.82) is 0 Å². The van der Waals surface area contributed by atoms with E-state index in [0.717, 1.165) is 21.4 Å². The molecule has 1 unspecified atom stereocenters. The van der Waals surface area contributed by atoms with Crippen molar-refractivity contribution >= 4 is 33.9 Å². The van der Waals surface area contributed by atoms with Gasteiger partial charge < -0.3 is 9.52 Å². The summed E-state index contributed by atoms with van der Waals surface area (Å²) in [4.78, 5) is 0.730. The van der Waals surface area contributed by atoms with Gasteiger partial charge in [0.2, 0.25) is 0 Å². The smallest absolute Gasteiger partial charge is 0.147 e. The molecule has 0 aliphatic rings. The first kappa shape index (κ1) is 11.8. The number of halogens is 1. The molecule has 0 bridgehead atoms. The van der Waals surface area contributed by atoms with Gasteiger partial charge in [-0.2, -0.15) is 0 Å². The molecule has 1 aromatic carbocycles. The topological polar surface area (TPSA) is 33.4 Å². The molecule has 3 aromatic rings. The fourth-order valence-corrected chi connectivity index (χ4v) is 3.19. The number of para-hydroxylation sites is 1. The summed E-state index contributed by atoms with van der Waals surface area (Å²) in [7, 11) is 0. The van der Waals surface area contributed by atoms with Gasteiger partial charge in [-0.15, -0.1) is 11.3 Å². The highest BCUT2D eigenvalue weighted by molar-refractivity contribution is 7.10. The standard InChI is InChI=1S/C14H11ClO2S/c1-8-7-18-14(12(8)15)13(16)11-6-9-4-2-3-5-10(9)17-11/h2-7,13,16H,1H3. The average molecular weight is 279 g/mol. The van der Waals surface area contributed by atoms with Gasteiger partial charge in [0.25, 0.3) is 0 Å². The highest BCUT2D eigenvalue weighted by atomic mass is 35.5. The minimum Gasteiger partial charge on any atom is -0.458 e. The fraction of sp³-hybridized carbons (Fsp3) is 0.143. The Bertz CT molecular complexity index is 666. The van der Waals surface area contributed by atoms with Crippen LogP contribution in [-0.4, -0.2) is 5.11 Å². The maximum absolute atomic E-state index is 10.3. The summed E-state index contributed by atoms with van der Waals surface area (Å²) in [6, 6.07) is 9.54. The summed E-state index contributed by atoms with van der Waals surface area (Å²) in [6.07, 6.45) is -0.802. The molecule has 3 rings (SSSR count). The summed E-state index contributed by atoms with van der Waals surface area (Å²) in [5, 5.41) is 13.9. The Labute approximate surface area is 113 Å². The van der Waals surface area contributed by atoms with Crippen LogP contribution in [0, 0.1) is 6.92 Å². The van der Waals surface area contributed by atoms with Crippen molar-refractivity contribution in [2.24, 2.45) is 0 Å². The molecule has 2 heterocycles. The second-order valence-corrected chi connectivity index (χ2v) is 5.48. The van der Waals surface area contributed by atoms with Gasteiger partial charge in [0.05, 0.1) is 9.90 Å². The van der Waals surface area contributed by atoms with E-state index in [1.165, 1.54) is 11.3 Å². The average Bonchev–Trinajstić information content (AvgIpc) is 2.94. The van der Waals surface area contributed by atoms with Gasteiger partial charge in [0, 0.05) is 5.39 Å². The molecule has 2 nitrogen and oxygen atoms in total. The molecule has 1 N–H and O–H groups in total. The van der Waals surface area contributed by atoms with E-state index in [2.05, 4.69) is 0 Å². The Hall–Kier alpha value is -1.29. The molecule has 0 fully saturated rings. The minimum atomic E-state index is -0.802. The zero-order valence-electron chi connectivity index (χ0n) is 9.68. The Morgan fingerprint density at radius 2 is 2.11 bits per heavy atom. The number of aryl methyl sites for hydroxylation is 1. The van der Waals surface area contributed by atoms with Gasteiger partial charge in [-0.25, -0.2) is 0 Å². The van der Waals surface area contributed by atoms with Crippen LogP contribution in [-0.2, 0) is 0 Å². The lowest BCUT2D eigenvalue weighted by molar-refractivity contribution is 0.196. The molecule has 92 valence electrons. The van der Waals surface area contributed by atoms with Gasteiger partial charge in [-0.3, -0.25) is 0 Å². The predicted octanol–water partition coefficient (Wildman–Crippen LogP) is 4.54. The number of rotatable bonds is 2. The number of aliphatic hydroxyl groups excluding tert-OH is 1. The van der Waals surface area contributed by atoms with Crippen molar-refractivity contribution in [3.63, 3.8) is 0 Å². The summed E-state index contributed by atoms with van der Waals surface area (Å²) >= 11 is 7.61. The molecular weight excluding hydrogens is 268 g/mol. The Kier molecular flexibility index (Phi) is 2.90. The summed E-state index contributed by atoms with van der Waals surface area (Å²) in [5.41, 5.74) is 1.75. The normalized spacial score (nSPS) is 13.1. The molecule has 0 saturated carbocycles. The largest absolute Gasteiger partial charge is 0.458 e. The van der Waals surface area contributed by atoms with E-state index in [-0.39, 0.29) is 0 Å². The predicted molar refractivity (Wildman–Crippen MR) is 74.3 cm³/mol. The molecule has 18 heavy (non-hydrogen) atoms. The Morgan fingerprint density at radius 1 is 1.33 bits per heavy atom. The van der Waals surface area contributed by atoms with Crippen LogP contribution in [0.3, 0.4) is 0 Å². The Morgan fingerprint density at radius 3 is 2.78 bits per heavy atom.